The highest BCUT2D eigenvalue weighted by atomic mass is 32.2. The number of nitrogens with one attached hydrogen (secondary N) is 1. The van der Waals surface area contributed by atoms with Crippen molar-refractivity contribution in [1.29, 1.82) is 0 Å². The molecule has 0 saturated heterocycles. The van der Waals surface area contributed by atoms with Crippen LogP contribution in [-0.4, -0.2) is 13.4 Å². The molecule has 21 heavy (non-hydrogen) atoms. The molecule has 0 aliphatic rings. The van der Waals surface area contributed by atoms with Crippen molar-refractivity contribution >= 4 is 15.7 Å². The number of sulfonamides is 1. The van der Waals surface area contributed by atoms with E-state index < -0.39 is 26.8 Å². The molecule has 5 nitrogen and oxygen atoms in total. The van der Waals surface area contributed by atoms with Crippen molar-refractivity contribution in [2.24, 2.45) is 0 Å². The third-order valence-electron chi connectivity index (χ3n) is 3.07. The molecule has 1 unspecified atom stereocenters. The van der Waals surface area contributed by atoms with Gasteiger partial charge >= 0.3 is 0 Å². The number of nitrogens with zero attached hydrogens (tertiary/aromatic N) is 1. The molecule has 3 N–H and O–H groups in total. The second-order valence-corrected chi connectivity index (χ2v) is 6.42. The molecule has 1 heterocycles. The zero-order valence-corrected chi connectivity index (χ0v) is 12.5. The van der Waals surface area contributed by atoms with Gasteiger partial charge in [0.1, 0.15) is 10.7 Å². The number of aryl methyl sites for hydroxylation is 1. The van der Waals surface area contributed by atoms with Crippen LogP contribution in [0.5, 0.6) is 0 Å². The van der Waals surface area contributed by atoms with Crippen molar-refractivity contribution < 1.29 is 12.8 Å². The van der Waals surface area contributed by atoms with Gasteiger partial charge < -0.3 is 5.73 Å². The molecule has 0 saturated carbocycles. The Morgan fingerprint density at radius 2 is 2.05 bits per heavy atom. The molecule has 0 fully saturated rings. The lowest BCUT2D eigenvalue weighted by atomic mass is 10.2. The molecule has 2 rings (SSSR count). The Morgan fingerprint density at radius 3 is 2.67 bits per heavy atom. The van der Waals surface area contributed by atoms with Crippen molar-refractivity contribution in [2.45, 2.75) is 24.8 Å². The number of halogens is 1. The van der Waals surface area contributed by atoms with Crippen LogP contribution in [0.25, 0.3) is 0 Å². The summed E-state index contributed by atoms with van der Waals surface area (Å²) in [7, 11) is -4.02. The highest BCUT2D eigenvalue weighted by molar-refractivity contribution is 7.89. The lowest BCUT2D eigenvalue weighted by molar-refractivity contribution is 0.545. The number of hydrogen-bond acceptors (Lipinski definition) is 4. The first kappa shape index (κ1) is 15.4. The monoisotopic (exact) mass is 309 g/mol. The number of rotatable bonds is 4. The Labute approximate surface area is 123 Å². The summed E-state index contributed by atoms with van der Waals surface area (Å²) in [6, 6.07) is 6.81. The maximum absolute atomic E-state index is 13.9. The fourth-order valence-corrected chi connectivity index (χ4v) is 3.17. The topological polar surface area (TPSA) is 85.1 Å². The molecule has 0 aliphatic carbocycles. The maximum Gasteiger partial charge on any atom is 0.244 e. The van der Waals surface area contributed by atoms with Crippen molar-refractivity contribution in [2.75, 3.05) is 5.73 Å². The smallest absolute Gasteiger partial charge is 0.244 e. The van der Waals surface area contributed by atoms with Crippen molar-refractivity contribution in [3.8, 4) is 0 Å². The van der Waals surface area contributed by atoms with Gasteiger partial charge in [0.2, 0.25) is 10.0 Å². The minimum Gasteiger partial charge on any atom is -0.398 e. The van der Waals surface area contributed by atoms with E-state index in [1.54, 1.807) is 38.2 Å². The summed E-state index contributed by atoms with van der Waals surface area (Å²) in [5.41, 5.74) is 6.91. The summed E-state index contributed by atoms with van der Waals surface area (Å²) in [5, 5.41) is 0. The van der Waals surface area contributed by atoms with E-state index in [4.69, 9.17) is 5.73 Å². The van der Waals surface area contributed by atoms with Crippen molar-refractivity contribution in [1.82, 2.24) is 9.71 Å². The summed E-state index contributed by atoms with van der Waals surface area (Å²) < 4.78 is 40.8. The Morgan fingerprint density at radius 1 is 1.33 bits per heavy atom. The van der Waals surface area contributed by atoms with E-state index in [-0.39, 0.29) is 5.69 Å². The van der Waals surface area contributed by atoms with Gasteiger partial charge in [-0.1, -0.05) is 6.07 Å². The number of nitrogens with two attached hydrogens (primary N) is 1. The molecule has 0 amide bonds. The minimum atomic E-state index is -4.02. The Bertz CT molecular complexity index is 748. The standard InChI is InChI=1S/C14H16FN3O2S/c1-9-7-11(15)14(8-12(9)16)21(19,20)18-10(2)13-5-3-4-6-17-13/h3-8,10,18H,16H2,1-2H3. The molecule has 1 atom stereocenters. The van der Waals surface area contributed by atoms with Gasteiger partial charge in [0, 0.05) is 11.9 Å². The fraction of sp³-hybridized carbons (Fsp3) is 0.214. The third-order valence-corrected chi connectivity index (χ3v) is 4.63. The first-order valence-electron chi connectivity index (χ1n) is 6.30. The largest absolute Gasteiger partial charge is 0.398 e. The lowest BCUT2D eigenvalue weighted by Crippen LogP contribution is -2.28. The summed E-state index contributed by atoms with van der Waals surface area (Å²) >= 11 is 0. The number of hydrogen-bond donors (Lipinski definition) is 2. The second kappa shape index (κ2) is 5.79. The van der Waals surface area contributed by atoms with Crippen LogP contribution >= 0.6 is 0 Å². The van der Waals surface area contributed by atoms with Crippen LogP contribution < -0.4 is 10.5 Å². The van der Waals surface area contributed by atoms with Crippen LogP contribution in [0, 0.1) is 12.7 Å². The van der Waals surface area contributed by atoms with Crippen LogP contribution in [0.1, 0.15) is 24.2 Å². The van der Waals surface area contributed by atoms with Gasteiger partial charge in [-0.2, -0.15) is 0 Å². The summed E-state index contributed by atoms with van der Waals surface area (Å²) in [4.78, 5) is 3.60. The van der Waals surface area contributed by atoms with E-state index in [2.05, 4.69) is 9.71 Å². The summed E-state index contributed by atoms with van der Waals surface area (Å²) in [6.07, 6.45) is 1.56. The van der Waals surface area contributed by atoms with Crippen molar-refractivity contribution in [3.63, 3.8) is 0 Å². The zero-order chi connectivity index (χ0) is 15.6. The first-order chi connectivity index (χ1) is 9.81. The Hall–Kier alpha value is -1.99. The highest BCUT2D eigenvalue weighted by Gasteiger charge is 2.23. The Kier molecular flexibility index (Phi) is 4.24. The number of nitrogen functional groups attached to an aromatic ring is 1. The van der Waals surface area contributed by atoms with E-state index in [9.17, 15) is 12.8 Å². The quantitative estimate of drug-likeness (QED) is 0.847. The van der Waals surface area contributed by atoms with E-state index in [1.807, 2.05) is 0 Å². The molecular weight excluding hydrogens is 293 g/mol. The molecule has 0 spiro atoms. The molecule has 7 heteroatoms. The van der Waals surface area contributed by atoms with Gasteiger partial charge in [-0.15, -0.1) is 0 Å². The molecular formula is C14H16FN3O2S. The molecule has 0 radical (unpaired) electrons. The fourth-order valence-electron chi connectivity index (χ4n) is 1.86. The molecule has 0 aliphatic heterocycles. The minimum absolute atomic E-state index is 0.224. The van der Waals surface area contributed by atoms with Gasteiger partial charge in [-0.25, -0.2) is 17.5 Å². The van der Waals surface area contributed by atoms with Gasteiger partial charge in [-0.3, -0.25) is 4.98 Å². The summed E-state index contributed by atoms with van der Waals surface area (Å²) in [6.45, 7) is 3.24. The molecule has 1 aromatic carbocycles. The van der Waals surface area contributed by atoms with Crippen LogP contribution in [0.15, 0.2) is 41.4 Å². The predicted molar refractivity (Wildman–Crippen MR) is 78.5 cm³/mol. The summed E-state index contributed by atoms with van der Waals surface area (Å²) in [5.74, 6) is -0.831. The Balaban J connectivity index is 2.33. The van der Waals surface area contributed by atoms with Crippen molar-refractivity contribution in [3.05, 3.63) is 53.6 Å². The zero-order valence-electron chi connectivity index (χ0n) is 11.7. The van der Waals surface area contributed by atoms with Crippen LogP contribution in [-0.2, 0) is 10.0 Å². The average molecular weight is 309 g/mol. The first-order valence-corrected chi connectivity index (χ1v) is 7.78. The van der Waals surface area contributed by atoms with E-state index >= 15 is 0 Å². The highest BCUT2D eigenvalue weighted by Crippen LogP contribution is 2.23. The molecule has 1 aromatic heterocycles. The number of benzene rings is 1. The third kappa shape index (κ3) is 3.37. The number of pyridine rings is 1. The van der Waals surface area contributed by atoms with Crippen LogP contribution in [0.4, 0.5) is 10.1 Å². The normalized spacial score (nSPS) is 13.1. The van der Waals surface area contributed by atoms with Gasteiger partial charge in [0.15, 0.2) is 0 Å². The molecule has 112 valence electrons. The second-order valence-electron chi connectivity index (χ2n) is 4.74. The van der Waals surface area contributed by atoms with Crippen LogP contribution in [0.2, 0.25) is 0 Å². The van der Waals surface area contributed by atoms with Gasteiger partial charge in [0.05, 0.1) is 11.7 Å². The van der Waals surface area contributed by atoms with E-state index in [0.29, 0.717) is 11.3 Å². The number of aromatic nitrogens is 1. The van der Waals surface area contributed by atoms with Crippen LogP contribution in [0.3, 0.4) is 0 Å². The van der Waals surface area contributed by atoms with Gasteiger partial charge in [0.25, 0.3) is 0 Å². The number of anilines is 1. The maximum atomic E-state index is 13.9. The predicted octanol–water partition coefficient (Wildman–Crippen LogP) is 2.15. The van der Waals surface area contributed by atoms with E-state index in [1.165, 1.54) is 0 Å². The lowest BCUT2D eigenvalue weighted by Gasteiger charge is -2.15. The van der Waals surface area contributed by atoms with E-state index in [0.717, 1.165) is 12.1 Å². The SMILES string of the molecule is Cc1cc(F)c(S(=O)(=O)NC(C)c2ccccn2)cc1N. The van der Waals surface area contributed by atoms with Gasteiger partial charge in [-0.05, 0) is 43.7 Å². The average Bonchev–Trinajstić information content (AvgIpc) is 2.43. The molecule has 2 aromatic rings. The molecule has 0 bridgehead atoms.